The third-order valence-electron chi connectivity index (χ3n) is 2.92. The Labute approximate surface area is 109 Å². The largest absolute Gasteiger partial charge is 0.388 e. The number of carbonyl (C=O) groups is 1. The van der Waals surface area contributed by atoms with Crippen LogP contribution >= 0.6 is 0 Å². The van der Waals surface area contributed by atoms with Crippen LogP contribution in [0.5, 0.6) is 0 Å². The van der Waals surface area contributed by atoms with Gasteiger partial charge in [-0.25, -0.2) is 0 Å². The predicted molar refractivity (Wildman–Crippen MR) is 70.4 cm³/mol. The summed E-state index contributed by atoms with van der Waals surface area (Å²) in [7, 11) is 1.86. The highest BCUT2D eigenvalue weighted by Crippen LogP contribution is 2.21. The number of nitrogens with zero attached hydrogens (tertiary/aromatic N) is 1. The average molecular weight is 258 g/mol. The second-order valence-electron chi connectivity index (χ2n) is 6.31. The quantitative estimate of drug-likeness (QED) is 0.765. The summed E-state index contributed by atoms with van der Waals surface area (Å²) >= 11 is 0. The van der Waals surface area contributed by atoms with Crippen molar-refractivity contribution in [2.45, 2.75) is 44.8 Å². The van der Waals surface area contributed by atoms with Crippen LogP contribution in [0.2, 0.25) is 0 Å². The Balaban J connectivity index is 2.36. The van der Waals surface area contributed by atoms with Crippen LogP contribution in [0.15, 0.2) is 0 Å². The summed E-state index contributed by atoms with van der Waals surface area (Å²) in [6.07, 6.45) is 1.27. The second-order valence-corrected chi connectivity index (χ2v) is 6.31. The molecule has 1 heterocycles. The summed E-state index contributed by atoms with van der Waals surface area (Å²) in [4.78, 5) is 13.6. The van der Waals surface area contributed by atoms with E-state index >= 15 is 0 Å². The van der Waals surface area contributed by atoms with Crippen LogP contribution in [0, 0.1) is 0 Å². The molecule has 1 amide bonds. The lowest BCUT2D eigenvalue weighted by atomic mass is 9.94. The van der Waals surface area contributed by atoms with Gasteiger partial charge in [0.15, 0.2) is 0 Å². The van der Waals surface area contributed by atoms with Gasteiger partial charge in [0.2, 0.25) is 5.91 Å². The summed E-state index contributed by atoms with van der Waals surface area (Å²) in [5.74, 6) is -0.0133. The number of carbonyl (C=O) groups excluding carboxylic acids is 1. The zero-order chi connectivity index (χ0) is 13.8. The van der Waals surface area contributed by atoms with E-state index in [1.165, 1.54) is 0 Å². The highest BCUT2D eigenvalue weighted by Gasteiger charge is 2.31. The standard InChI is InChI=1S/C13H26N2O3/c1-12(2,3)14-11(16)9-15(4)10-13(17)5-7-18-8-6-13/h17H,5-10H2,1-4H3,(H,14,16). The molecule has 0 aliphatic carbocycles. The van der Waals surface area contributed by atoms with Gasteiger partial charge in [0, 0.05) is 38.1 Å². The number of aliphatic hydroxyl groups is 1. The van der Waals surface area contributed by atoms with Gasteiger partial charge < -0.3 is 15.2 Å². The van der Waals surface area contributed by atoms with E-state index in [1.807, 2.05) is 32.7 Å². The number of ether oxygens (including phenoxy) is 1. The number of likely N-dealkylation sites (N-methyl/N-ethyl adjacent to an activating group) is 1. The van der Waals surface area contributed by atoms with Crippen LogP contribution in [0.3, 0.4) is 0 Å². The van der Waals surface area contributed by atoms with Crippen molar-refractivity contribution in [2.24, 2.45) is 0 Å². The number of rotatable bonds is 4. The molecule has 0 aromatic carbocycles. The van der Waals surface area contributed by atoms with Crippen molar-refractivity contribution in [3.63, 3.8) is 0 Å². The molecule has 1 saturated heterocycles. The minimum Gasteiger partial charge on any atom is -0.388 e. The van der Waals surface area contributed by atoms with Gasteiger partial charge in [-0.15, -0.1) is 0 Å². The van der Waals surface area contributed by atoms with Crippen molar-refractivity contribution in [3.8, 4) is 0 Å². The van der Waals surface area contributed by atoms with Gasteiger partial charge in [-0.3, -0.25) is 9.69 Å². The molecule has 5 heteroatoms. The fraction of sp³-hybridized carbons (Fsp3) is 0.923. The first-order valence-corrected chi connectivity index (χ1v) is 6.50. The number of hydrogen-bond donors (Lipinski definition) is 2. The Morgan fingerprint density at radius 3 is 2.44 bits per heavy atom. The summed E-state index contributed by atoms with van der Waals surface area (Å²) < 4.78 is 5.24. The molecule has 0 radical (unpaired) electrons. The van der Waals surface area contributed by atoms with Crippen molar-refractivity contribution in [1.82, 2.24) is 10.2 Å². The van der Waals surface area contributed by atoms with Gasteiger partial charge in [-0.1, -0.05) is 0 Å². The minimum absolute atomic E-state index is 0.0133. The van der Waals surface area contributed by atoms with Gasteiger partial charge >= 0.3 is 0 Å². The van der Waals surface area contributed by atoms with Gasteiger partial charge in [0.05, 0.1) is 12.1 Å². The molecule has 0 aromatic rings. The van der Waals surface area contributed by atoms with E-state index in [-0.39, 0.29) is 11.4 Å². The first-order chi connectivity index (χ1) is 8.20. The molecule has 2 N–H and O–H groups in total. The van der Waals surface area contributed by atoms with E-state index in [4.69, 9.17) is 4.74 Å². The van der Waals surface area contributed by atoms with E-state index in [0.29, 0.717) is 39.1 Å². The van der Waals surface area contributed by atoms with Gasteiger partial charge in [-0.2, -0.15) is 0 Å². The molecule has 0 saturated carbocycles. The summed E-state index contributed by atoms with van der Waals surface area (Å²) in [6, 6.07) is 0. The fourth-order valence-corrected chi connectivity index (χ4v) is 2.17. The Morgan fingerprint density at radius 2 is 1.94 bits per heavy atom. The molecule has 1 aliphatic rings. The van der Waals surface area contributed by atoms with Crippen LogP contribution in [0.1, 0.15) is 33.6 Å². The van der Waals surface area contributed by atoms with Gasteiger partial charge in [-0.05, 0) is 27.8 Å². The first-order valence-electron chi connectivity index (χ1n) is 6.50. The first kappa shape index (κ1) is 15.4. The van der Waals surface area contributed by atoms with E-state index in [1.54, 1.807) is 0 Å². The number of hydrogen-bond acceptors (Lipinski definition) is 4. The van der Waals surface area contributed by atoms with Crippen molar-refractivity contribution in [1.29, 1.82) is 0 Å². The third kappa shape index (κ3) is 5.80. The van der Waals surface area contributed by atoms with Crippen LogP contribution in [0.25, 0.3) is 0 Å². The molecule has 5 nitrogen and oxygen atoms in total. The molecule has 0 unspecified atom stereocenters. The van der Waals surface area contributed by atoms with Crippen molar-refractivity contribution >= 4 is 5.91 Å². The molecule has 1 fully saturated rings. The zero-order valence-corrected chi connectivity index (χ0v) is 12.0. The maximum Gasteiger partial charge on any atom is 0.234 e. The molecule has 1 rings (SSSR count). The second kappa shape index (κ2) is 5.99. The molecular weight excluding hydrogens is 232 g/mol. The Morgan fingerprint density at radius 1 is 1.39 bits per heavy atom. The summed E-state index contributed by atoms with van der Waals surface area (Å²) in [5.41, 5.74) is -0.928. The van der Waals surface area contributed by atoms with E-state index in [2.05, 4.69) is 5.32 Å². The van der Waals surface area contributed by atoms with E-state index in [9.17, 15) is 9.90 Å². The van der Waals surface area contributed by atoms with Gasteiger partial charge in [0.25, 0.3) is 0 Å². The lowest BCUT2D eigenvalue weighted by molar-refractivity contribution is -0.125. The van der Waals surface area contributed by atoms with Crippen molar-refractivity contribution in [2.75, 3.05) is 33.4 Å². The number of amides is 1. The van der Waals surface area contributed by atoms with Crippen LogP contribution in [-0.2, 0) is 9.53 Å². The Kier molecular flexibility index (Phi) is 5.13. The summed E-state index contributed by atoms with van der Waals surface area (Å²) in [5, 5.41) is 13.2. The molecule has 1 aliphatic heterocycles. The lowest BCUT2D eigenvalue weighted by Gasteiger charge is -2.35. The molecule has 18 heavy (non-hydrogen) atoms. The Hall–Kier alpha value is -0.650. The SMILES string of the molecule is CN(CC(=O)NC(C)(C)C)CC1(O)CCOCC1. The minimum atomic E-state index is -0.713. The third-order valence-corrected chi connectivity index (χ3v) is 2.92. The Bertz CT molecular complexity index is 280. The van der Waals surface area contributed by atoms with Crippen LogP contribution in [-0.4, -0.2) is 60.4 Å². The predicted octanol–water partition coefficient (Wildman–Crippen LogP) is 0.374. The molecule has 106 valence electrons. The molecule has 0 aromatic heterocycles. The topological polar surface area (TPSA) is 61.8 Å². The molecule has 0 spiro atoms. The van der Waals surface area contributed by atoms with Crippen molar-refractivity contribution in [3.05, 3.63) is 0 Å². The van der Waals surface area contributed by atoms with E-state index in [0.717, 1.165) is 0 Å². The normalized spacial score (nSPS) is 19.9. The molecular formula is C13H26N2O3. The fourth-order valence-electron chi connectivity index (χ4n) is 2.17. The van der Waals surface area contributed by atoms with Crippen LogP contribution in [0.4, 0.5) is 0 Å². The average Bonchev–Trinajstić information content (AvgIpc) is 2.13. The maximum absolute atomic E-state index is 11.8. The smallest absolute Gasteiger partial charge is 0.234 e. The highest BCUT2D eigenvalue weighted by atomic mass is 16.5. The van der Waals surface area contributed by atoms with Crippen LogP contribution < -0.4 is 5.32 Å². The van der Waals surface area contributed by atoms with Gasteiger partial charge in [0.1, 0.15) is 0 Å². The highest BCUT2D eigenvalue weighted by molar-refractivity contribution is 5.78. The monoisotopic (exact) mass is 258 g/mol. The lowest BCUT2D eigenvalue weighted by Crippen LogP contribution is -2.50. The molecule has 0 atom stereocenters. The van der Waals surface area contributed by atoms with E-state index < -0.39 is 5.60 Å². The number of nitrogens with one attached hydrogen (secondary N) is 1. The maximum atomic E-state index is 11.8. The zero-order valence-electron chi connectivity index (χ0n) is 12.0. The summed E-state index contributed by atoms with van der Waals surface area (Å²) in [6.45, 7) is 7.87. The molecule has 0 bridgehead atoms. The van der Waals surface area contributed by atoms with Crippen molar-refractivity contribution < 1.29 is 14.6 Å².